The number of hydrogen-bond donors (Lipinski definition) is 1. The summed E-state index contributed by atoms with van der Waals surface area (Å²) in [5, 5.41) is 3.53. The highest BCUT2D eigenvalue weighted by Crippen LogP contribution is 2.27. The van der Waals surface area contributed by atoms with E-state index in [0.717, 1.165) is 12.3 Å². The summed E-state index contributed by atoms with van der Waals surface area (Å²) in [6.45, 7) is 3.77. The number of hydrogen-bond acceptors (Lipinski definition) is 2. The second-order valence-electron chi connectivity index (χ2n) is 5.33. The SMILES string of the molecule is CCNC(COc1ccc(F)cc1)C1CCCCC1. The predicted molar refractivity (Wildman–Crippen MR) is 75.9 cm³/mol. The molecule has 3 heteroatoms. The van der Waals surface area contributed by atoms with E-state index in [1.165, 1.54) is 44.2 Å². The molecule has 0 spiro atoms. The third-order valence-electron chi connectivity index (χ3n) is 3.93. The number of benzene rings is 1. The Labute approximate surface area is 115 Å². The van der Waals surface area contributed by atoms with Crippen LogP contribution >= 0.6 is 0 Å². The molecular formula is C16H24FNO. The Bertz CT molecular complexity index is 360. The lowest BCUT2D eigenvalue weighted by atomic mass is 9.84. The van der Waals surface area contributed by atoms with E-state index >= 15 is 0 Å². The molecule has 0 amide bonds. The van der Waals surface area contributed by atoms with Crippen LogP contribution in [0.2, 0.25) is 0 Å². The smallest absolute Gasteiger partial charge is 0.123 e. The number of likely N-dealkylation sites (N-methyl/N-ethyl adjacent to an activating group) is 1. The molecule has 19 heavy (non-hydrogen) atoms. The van der Waals surface area contributed by atoms with Gasteiger partial charge in [0.1, 0.15) is 18.2 Å². The average molecular weight is 265 g/mol. The maximum atomic E-state index is 12.8. The Morgan fingerprint density at radius 1 is 1.21 bits per heavy atom. The van der Waals surface area contributed by atoms with Crippen molar-refractivity contribution in [2.24, 2.45) is 5.92 Å². The van der Waals surface area contributed by atoms with Gasteiger partial charge in [-0.1, -0.05) is 26.2 Å². The Morgan fingerprint density at radius 2 is 1.89 bits per heavy atom. The zero-order valence-electron chi connectivity index (χ0n) is 11.7. The van der Waals surface area contributed by atoms with Crippen molar-refractivity contribution in [2.45, 2.75) is 45.1 Å². The van der Waals surface area contributed by atoms with Gasteiger partial charge in [-0.05, 0) is 49.6 Å². The zero-order chi connectivity index (χ0) is 13.5. The summed E-state index contributed by atoms with van der Waals surface area (Å²) in [5.74, 6) is 1.25. The van der Waals surface area contributed by atoms with E-state index in [1.54, 1.807) is 12.1 Å². The first kappa shape index (κ1) is 14.3. The quantitative estimate of drug-likeness (QED) is 0.845. The molecule has 1 atom stereocenters. The molecule has 0 aromatic heterocycles. The van der Waals surface area contributed by atoms with Crippen LogP contribution < -0.4 is 10.1 Å². The van der Waals surface area contributed by atoms with Gasteiger partial charge < -0.3 is 10.1 Å². The van der Waals surface area contributed by atoms with Crippen molar-refractivity contribution in [3.05, 3.63) is 30.1 Å². The number of halogens is 1. The lowest BCUT2D eigenvalue weighted by Crippen LogP contribution is -2.41. The molecule has 0 aliphatic heterocycles. The standard InChI is InChI=1S/C16H24FNO/c1-2-18-16(13-6-4-3-5-7-13)12-19-15-10-8-14(17)9-11-15/h8-11,13,16,18H,2-7,12H2,1H3. The molecule has 2 rings (SSSR count). The van der Waals surface area contributed by atoms with Crippen LogP contribution in [-0.4, -0.2) is 19.2 Å². The summed E-state index contributed by atoms with van der Waals surface area (Å²) in [4.78, 5) is 0. The Balaban J connectivity index is 1.87. The molecule has 0 bridgehead atoms. The van der Waals surface area contributed by atoms with Gasteiger partial charge in [-0.25, -0.2) is 4.39 Å². The molecule has 106 valence electrons. The van der Waals surface area contributed by atoms with Crippen molar-refractivity contribution in [1.29, 1.82) is 0 Å². The van der Waals surface area contributed by atoms with Crippen molar-refractivity contribution in [3.63, 3.8) is 0 Å². The highest BCUT2D eigenvalue weighted by Gasteiger charge is 2.23. The van der Waals surface area contributed by atoms with Gasteiger partial charge in [0.2, 0.25) is 0 Å². The van der Waals surface area contributed by atoms with E-state index in [9.17, 15) is 4.39 Å². The van der Waals surface area contributed by atoms with Crippen LogP contribution in [-0.2, 0) is 0 Å². The number of ether oxygens (including phenoxy) is 1. The molecule has 1 aromatic rings. The monoisotopic (exact) mass is 265 g/mol. The summed E-state index contributed by atoms with van der Waals surface area (Å²) < 4.78 is 18.6. The highest BCUT2D eigenvalue weighted by atomic mass is 19.1. The van der Waals surface area contributed by atoms with E-state index in [4.69, 9.17) is 4.74 Å². The third kappa shape index (κ3) is 4.50. The van der Waals surface area contributed by atoms with Gasteiger partial charge in [0.15, 0.2) is 0 Å². The minimum atomic E-state index is -0.220. The molecule has 1 N–H and O–H groups in total. The topological polar surface area (TPSA) is 21.3 Å². The Kier molecular flexibility index (Phi) is 5.64. The minimum Gasteiger partial charge on any atom is -0.492 e. The van der Waals surface area contributed by atoms with Gasteiger partial charge in [-0.2, -0.15) is 0 Å². The molecule has 1 unspecified atom stereocenters. The normalized spacial score (nSPS) is 18.2. The fourth-order valence-corrected chi connectivity index (χ4v) is 2.88. The molecule has 2 nitrogen and oxygen atoms in total. The molecule has 0 heterocycles. The first-order valence-electron chi connectivity index (χ1n) is 7.41. The summed E-state index contributed by atoms with van der Waals surface area (Å²) in [5.41, 5.74) is 0. The third-order valence-corrected chi connectivity index (χ3v) is 3.93. The van der Waals surface area contributed by atoms with E-state index in [0.29, 0.717) is 18.6 Å². The fourth-order valence-electron chi connectivity index (χ4n) is 2.88. The van der Waals surface area contributed by atoms with E-state index in [-0.39, 0.29) is 5.82 Å². The van der Waals surface area contributed by atoms with E-state index in [1.807, 2.05) is 0 Å². The molecule has 1 saturated carbocycles. The highest BCUT2D eigenvalue weighted by molar-refractivity contribution is 5.22. The Morgan fingerprint density at radius 3 is 2.53 bits per heavy atom. The van der Waals surface area contributed by atoms with Crippen LogP contribution in [0.3, 0.4) is 0 Å². The fraction of sp³-hybridized carbons (Fsp3) is 0.625. The second kappa shape index (κ2) is 7.49. The molecule has 1 fully saturated rings. The van der Waals surface area contributed by atoms with Crippen LogP contribution in [0.25, 0.3) is 0 Å². The van der Waals surface area contributed by atoms with Gasteiger partial charge in [0, 0.05) is 6.04 Å². The van der Waals surface area contributed by atoms with Crippen LogP contribution in [0, 0.1) is 11.7 Å². The summed E-state index contributed by atoms with van der Waals surface area (Å²) in [6.07, 6.45) is 6.63. The van der Waals surface area contributed by atoms with Crippen molar-refractivity contribution in [3.8, 4) is 5.75 Å². The summed E-state index contributed by atoms with van der Waals surface area (Å²) >= 11 is 0. The van der Waals surface area contributed by atoms with E-state index < -0.39 is 0 Å². The molecule has 0 radical (unpaired) electrons. The maximum Gasteiger partial charge on any atom is 0.123 e. The number of rotatable bonds is 6. The maximum absolute atomic E-state index is 12.8. The van der Waals surface area contributed by atoms with Crippen LogP contribution in [0.1, 0.15) is 39.0 Å². The lowest BCUT2D eigenvalue weighted by molar-refractivity contribution is 0.187. The first-order chi connectivity index (χ1) is 9.29. The van der Waals surface area contributed by atoms with E-state index in [2.05, 4.69) is 12.2 Å². The number of nitrogens with one attached hydrogen (secondary N) is 1. The molecule has 1 aliphatic carbocycles. The largest absolute Gasteiger partial charge is 0.492 e. The van der Waals surface area contributed by atoms with Crippen molar-refractivity contribution in [1.82, 2.24) is 5.32 Å². The second-order valence-corrected chi connectivity index (χ2v) is 5.33. The van der Waals surface area contributed by atoms with Gasteiger partial charge in [0.25, 0.3) is 0 Å². The van der Waals surface area contributed by atoms with Crippen molar-refractivity contribution in [2.75, 3.05) is 13.2 Å². The minimum absolute atomic E-state index is 0.220. The van der Waals surface area contributed by atoms with Crippen molar-refractivity contribution < 1.29 is 9.13 Å². The zero-order valence-corrected chi connectivity index (χ0v) is 11.7. The summed E-state index contributed by atoms with van der Waals surface area (Å²) in [7, 11) is 0. The van der Waals surface area contributed by atoms with Gasteiger partial charge in [-0.3, -0.25) is 0 Å². The molecule has 1 aliphatic rings. The van der Waals surface area contributed by atoms with Gasteiger partial charge in [-0.15, -0.1) is 0 Å². The van der Waals surface area contributed by atoms with Crippen LogP contribution in [0.5, 0.6) is 5.75 Å². The molecule has 0 saturated heterocycles. The Hall–Kier alpha value is -1.09. The lowest BCUT2D eigenvalue weighted by Gasteiger charge is -2.30. The average Bonchev–Trinajstić information content (AvgIpc) is 2.46. The molecule has 1 aromatic carbocycles. The molecular weight excluding hydrogens is 241 g/mol. The van der Waals surface area contributed by atoms with Crippen LogP contribution in [0.4, 0.5) is 4.39 Å². The van der Waals surface area contributed by atoms with Gasteiger partial charge in [0.05, 0.1) is 0 Å². The van der Waals surface area contributed by atoms with Crippen LogP contribution in [0.15, 0.2) is 24.3 Å². The summed E-state index contributed by atoms with van der Waals surface area (Å²) in [6, 6.07) is 6.68. The first-order valence-corrected chi connectivity index (χ1v) is 7.41. The van der Waals surface area contributed by atoms with Gasteiger partial charge >= 0.3 is 0 Å². The van der Waals surface area contributed by atoms with Crippen molar-refractivity contribution >= 4 is 0 Å². The predicted octanol–water partition coefficient (Wildman–Crippen LogP) is 3.76.